The fraction of sp³-hybridized carbons (Fsp3) is 0. The third kappa shape index (κ3) is 4.48. The number of benzene rings is 3. The molecule has 0 N–H and O–H groups in total. The normalized spacial score (nSPS) is 11.6. The summed E-state index contributed by atoms with van der Waals surface area (Å²) in [5, 5.41) is 4.53. The van der Waals surface area contributed by atoms with Crippen molar-refractivity contribution in [3.63, 3.8) is 0 Å². The number of aromatic nitrogens is 7. The molecule has 7 aromatic heterocycles. The van der Waals surface area contributed by atoms with Crippen LogP contribution in [0.25, 0.3) is 89.0 Å². The van der Waals surface area contributed by atoms with Crippen molar-refractivity contribution in [3.05, 3.63) is 164 Å². The molecular weight excluding hydrogens is 615 g/mol. The maximum atomic E-state index is 5.23. The molecule has 0 amide bonds. The van der Waals surface area contributed by atoms with E-state index in [2.05, 4.69) is 115 Å². The zero-order valence-electron chi connectivity index (χ0n) is 26.7. The van der Waals surface area contributed by atoms with Crippen molar-refractivity contribution in [2.45, 2.75) is 0 Å². The molecular formula is C43H27N7. The highest BCUT2D eigenvalue weighted by molar-refractivity contribution is 6.09. The van der Waals surface area contributed by atoms with Crippen molar-refractivity contribution >= 4 is 43.6 Å². The number of para-hydroxylation sites is 2. The van der Waals surface area contributed by atoms with Crippen molar-refractivity contribution in [3.8, 4) is 45.4 Å². The van der Waals surface area contributed by atoms with E-state index < -0.39 is 0 Å². The Morgan fingerprint density at radius 1 is 0.380 bits per heavy atom. The van der Waals surface area contributed by atoms with Gasteiger partial charge in [-0.15, -0.1) is 0 Å². The van der Waals surface area contributed by atoms with Crippen LogP contribution in [0.4, 0.5) is 0 Å². The van der Waals surface area contributed by atoms with Crippen LogP contribution in [0, 0.1) is 0 Å². The van der Waals surface area contributed by atoms with Crippen LogP contribution in [0.3, 0.4) is 0 Å². The van der Waals surface area contributed by atoms with Gasteiger partial charge in [0.2, 0.25) is 0 Å². The summed E-state index contributed by atoms with van der Waals surface area (Å²) in [5.41, 5.74) is 10.7. The summed E-state index contributed by atoms with van der Waals surface area (Å²) in [5.74, 6) is 0.814. The van der Waals surface area contributed by atoms with Crippen molar-refractivity contribution in [1.29, 1.82) is 0 Å². The Labute approximate surface area is 286 Å². The van der Waals surface area contributed by atoms with E-state index in [-0.39, 0.29) is 0 Å². The highest BCUT2D eigenvalue weighted by atomic mass is 15.1. The fourth-order valence-corrected chi connectivity index (χ4v) is 7.15. The summed E-state index contributed by atoms with van der Waals surface area (Å²) in [4.78, 5) is 23.9. The van der Waals surface area contributed by atoms with Gasteiger partial charge in [-0.05, 0) is 83.9 Å². The SMILES string of the molecule is c1ccc(-c2cc(-c3cccc(-n4c5ccccc5c5cnccc54)c3)cc(-c3cccc(-n4c5ccccc5c5cnccc54)n3)n2)nc1. The zero-order valence-corrected chi connectivity index (χ0v) is 26.7. The average molecular weight is 642 g/mol. The monoisotopic (exact) mass is 641 g/mol. The quantitative estimate of drug-likeness (QED) is 0.187. The number of fused-ring (bicyclic) bond motifs is 6. The fourth-order valence-electron chi connectivity index (χ4n) is 7.15. The van der Waals surface area contributed by atoms with E-state index in [0.717, 1.165) is 83.6 Å². The van der Waals surface area contributed by atoms with Gasteiger partial charge in [-0.3, -0.25) is 19.5 Å². The van der Waals surface area contributed by atoms with Gasteiger partial charge in [0.15, 0.2) is 0 Å². The topological polar surface area (TPSA) is 74.3 Å². The van der Waals surface area contributed by atoms with Gasteiger partial charge in [0, 0.05) is 58.2 Å². The molecule has 50 heavy (non-hydrogen) atoms. The van der Waals surface area contributed by atoms with E-state index in [4.69, 9.17) is 9.97 Å². The molecule has 10 aromatic rings. The number of hydrogen-bond acceptors (Lipinski definition) is 5. The second kappa shape index (κ2) is 11.3. The van der Waals surface area contributed by atoms with Gasteiger partial charge in [0.25, 0.3) is 0 Å². The van der Waals surface area contributed by atoms with Gasteiger partial charge in [-0.2, -0.15) is 0 Å². The lowest BCUT2D eigenvalue weighted by molar-refractivity contribution is 1.07. The average Bonchev–Trinajstić information content (AvgIpc) is 3.71. The van der Waals surface area contributed by atoms with Crippen LogP contribution in [-0.4, -0.2) is 34.1 Å². The predicted molar refractivity (Wildman–Crippen MR) is 200 cm³/mol. The van der Waals surface area contributed by atoms with Gasteiger partial charge in [0.05, 0.1) is 44.8 Å². The highest BCUT2D eigenvalue weighted by Gasteiger charge is 2.17. The van der Waals surface area contributed by atoms with E-state index in [1.807, 2.05) is 67.3 Å². The summed E-state index contributed by atoms with van der Waals surface area (Å²) >= 11 is 0. The molecule has 0 saturated heterocycles. The smallest absolute Gasteiger partial charge is 0.138 e. The number of rotatable bonds is 5. The van der Waals surface area contributed by atoms with Crippen LogP contribution in [0.1, 0.15) is 0 Å². The van der Waals surface area contributed by atoms with Crippen molar-refractivity contribution in [2.24, 2.45) is 0 Å². The molecule has 0 saturated carbocycles. The van der Waals surface area contributed by atoms with E-state index in [0.29, 0.717) is 0 Å². The van der Waals surface area contributed by atoms with Crippen molar-refractivity contribution in [2.75, 3.05) is 0 Å². The molecule has 0 atom stereocenters. The summed E-state index contributed by atoms with van der Waals surface area (Å²) in [6.07, 6.45) is 9.36. The molecule has 10 rings (SSSR count). The van der Waals surface area contributed by atoms with Crippen molar-refractivity contribution < 1.29 is 0 Å². The summed E-state index contributed by atoms with van der Waals surface area (Å²) in [6, 6.07) is 45.9. The van der Waals surface area contributed by atoms with Crippen LogP contribution < -0.4 is 0 Å². The van der Waals surface area contributed by atoms with Gasteiger partial charge in [-0.25, -0.2) is 9.97 Å². The molecule has 7 heteroatoms. The van der Waals surface area contributed by atoms with Crippen molar-refractivity contribution in [1.82, 2.24) is 34.1 Å². The molecule has 0 spiro atoms. The van der Waals surface area contributed by atoms with E-state index in [9.17, 15) is 0 Å². The largest absolute Gasteiger partial charge is 0.309 e. The van der Waals surface area contributed by atoms with Crippen LogP contribution in [0.5, 0.6) is 0 Å². The Morgan fingerprint density at radius 2 is 1.00 bits per heavy atom. The number of pyridine rings is 5. The third-order valence-electron chi connectivity index (χ3n) is 9.36. The Balaban J connectivity index is 1.15. The van der Waals surface area contributed by atoms with E-state index >= 15 is 0 Å². The Hall–Kier alpha value is -6.99. The Kier molecular flexibility index (Phi) is 6.35. The van der Waals surface area contributed by atoms with Crippen LogP contribution in [0.2, 0.25) is 0 Å². The molecule has 7 nitrogen and oxygen atoms in total. The molecule has 0 unspecified atom stereocenters. The third-order valence-corrected chi connectivity index (χ3v) is 9.36. The lowest BCUT2D eigenvalue weighted by Crippen LogP contribution is -2.00. The first-order valence-electron chi connectivity index (χ1n) is 16.5. The molecule has 0 aliphatic heterocycles. The van der Waals surface area contributed by atoms with Crippen LogP contribution >= 0.6 is 0 Å². The minimum Gasteiger partial charge on any atom is -0.309 e. The molecule has 234 valence electrons. The maximum Gasteiger partial charge on any atom is 0.138 e. The first-order chi connectivity index (χ1) is 24.8. The first-order valence-corrected chi connectivity index (χ1v) is 16.5. The minimum absolute atomic E-state index is 0.765. The summed E-state index contributed by atoms with van der Waals surface area (Å²) in [6.45, 7) is 0. The van der Waals surface area contributed by atoms with Gasteiger partial charge < -0.3 is 4.57 Å². The summed E-state index contributed by atoms with van der Waals surface area (Å²) < 4.78 is 4.51. The van der Waals surface area contributed by atoms with Gasteiger partial charge >= 0.3 is 0 Å². The minimum atomic E-state index is 0.765. The second-order valence-electron chi connectivity index (χ2n) is 12.3. The molecule has 0 aliphatic carbocycles. The van der Waals surface area contributed by atoms with E-state index in [1.165, 1.54) is 5.39 Å². The maximum absolute atomic E-state index is 5.23. The molecule has 0 aliphatic rings. The molecule has 7 heterocycles. The molecule has 3 aromatic carbocycles. The lowest BCUT2D eigenvalue weighted by Gasteiger charge is -2.13. The molecule has 0 bridgehead atoms. The number of nitrogens with zero attached hydrogens (tertiary/aromatic N) is 7. The predicted octanol–water partition coefficient (Wildman–Crippen LogP) is 9.86. The van der Waals surface area contributed by atoms with Gasteiger partial charge in [-0.1, -0.05) is 60.7 Å². The Bertz CT molecular complexity index is 2610. The zero-order chi connectivity index (χ0) is 33.0. The van der Waals surface area contributed by atoms with Gasteiger partial charge in [0.1, 0.15) is 5.82 Å². The van der Waals surface area contributed by atoms with Crippen LogP contribution in [-0.2, 0) is 0 Å². The summed E-state index contributed by atoms with van der Waals surface area (Å²) in [7, 11) is 0. The number of hydrogen-bond donors (Lipinski definition) is 0. The Morgan fingerprint density at radius 3 is 1.74 bits per heavy atom. The lowest BCUT2D eigenvalue weighted by atomic mass is 10.0. The standard InChI is InChI=1S/C43H27N7/c1-3-15-39-31(11-1)33-26-44-21-18-41(33)49(39)30-10-7-9-28(23-30)29-24-37(35-13-5-6-20-46-35)47-38(25-29)36-14-8-17-43(48-36)50-40-16-4-2-12-32(40)34-27-45-22-19-42(34)50/h1-27H. The van der Waals surface area contributed by atoms with E-state index in [1.54, 1.807) is 6.20 Å². The first kappa shape index (κ1) is 28.1. The molecule has 0 radical (unpaired) electrons. The second-order valence-corrected chi connectivity index (χ2v) is 12.3. The highest BCUT2D eigenvalue weighted by Crippen LogP contribution is 2.35. The molecule has 0 fully saturated rings. The van der Waals surface area contributed by atoms with Crippen LogP contribution in [0.15, 0.2) is 164 Å².